The van der Waals surface area contributed by atoms with Crippen LogP contribution in [-0.2, 0) is 21.4 Å². The van der Waals surface area contributed by atoms with Crippen molar-refractivity contribution in [2.75, 3.05) is 20.3 Å². The van der Waals surface area contributed by atoms with Gasteiger partial charge in [0.2, 0.25) is 5.91 Å². The van der Waals surface area contributed by atoms with Crippen molar-refractivity contribution in [1.29, 1.82) is 0 Å². The quantitative estimate of drug-likeness (QED) is 0.677. The highest BCUT2D eigenvalue weighted by Gasteiger charge is 2.43. The summed E-state index contributed by atoms with van der Waals surface area (Å²) in [6, 6.07) is 16.4. The van der Waals surface area contributed by atoms with Crippen LogP contribution in [0, 0.1) is 0 Å². The van der Waals surface area contributed by atoms with Gasteiger partial charge < -0.3 is 19.8 Å². The first-order valence-corrected chi connectivity index (χ1v) is 10.8. The fourth-order valence-corrected chi connectivity index (χ4v) is 5.13. The minimum absolute atomic E-state index is 0.0200. The van der Waals surface area contributed by atoms with Crippen molar-refractivity contribution in [2.45, 2.75) is 43.6 Å². The van der Waals surface area contributed by atoms with Gasteiger partial charge >= 0.3 is 0 Å². The molecule has 2 aliphatic rings. The molecule has 1 atom stereocenters. The number of carbonyl (C=O) groups is 1. The molecule has 2 aromatic carbocycles. The van der Waals surface area contributed by atoms with E-state index in [4.69, 9.17) is 9.47 Å². The lowest BCUT2D eigenvalue weighted by atomic mass is 9.73. The number of hydrogen-bond donors (Lipinski definition) is 2. The molecule has 0 saturated carbocycles. The van der Waals surface area contributed by atoms with Crippen LogP contribution in [-0.4, -0.2) is 31.2 Å². The van der Waals surface area contributed by atoms with Gasteiger partial charge in [-0.15, -0.1) is 0 Å². The molecule has 5 heteroatoms. The molecule has 156 valence electrons. The van der Waals surface area contributed by atoms with Crippen LogP contribution in [0.25, 0.3) is 10.9 Å². The molecule has 3 aromatic rings. The molecular formula is C25H28N2O3. The topological polar surface area (TPSA) is 63.3 Å². The molecule has 30 heavy (non-hydrogen) atoms. The Morgan fingerprint density at radius 3 is 2.67 bits per heavy atom. The number of carbonyl (C=O) groups excluding carboxylic acids is 1. The molecule has 2 N–H and O–H groups in total. The average Bonchev–Trinajstić information content (AvgIpc) is 3.19. The second-order valence-corrected chi connectivity index (χ2v) is 8.40. The zero-order valence-electron chi connectivity index (χ0n) is 17.4. The zero-order chi connectivity index (χ0) is 20.6. The number of aromatic nitrogens is 1. The molecule has 0 unspecified atom stereocenters. The van der Waals surface area contributed by atoms with Gasteiger partial charge in [0.1, 0.15) is 5.75 Å². The van der Waals surface area contributed by atoms with E-state index in [1.165, 1.54) is 16.6 Å². The Bertz CT molecular complexity index is 1050. The van der Waals surface area contributed by atoms with Gasteiger partial charge in [0.25, 0.3) is 0 Å². The van der Waals surface area contributed by atoms with Crippen LogP contribution in [0.5, 0.6) is 5.75 Å². The van der Waals surface area contributed by atoms with E-state index >= 15 is 0 Å². The lowest BCUT2D eigenvalue weighted by molar-refractivity contribution is -0.131. The number of benzene rings is 2. The number of rotatable bonds is 4. The van der Waals surface area contributed by atoms with Crippen molar-refractivity contribution < 1.29 is 14.3 Å². The second-order valence-electron chi connectivity index (χ2n) is 8.40. The summed E-state index contributed by atoms with van der Waals surface area (Å²) < 4.78 is 10.9. The lowest BCUT2D eigenvalue weighted by Gasteiger charge is -2.38. The van der Waals surface area contributed by atoms with E-state index in [9.17, 15) is 4.79 Å². The third-order valence-corrected chi connectivity index (χ3v) is 6.84. The van der Waals surface area contributed by atoms with Crippen LogP contribution in [0.1, 0.15) is 48.5 Å². The molecule has 1 amide bonds. The number of aromatic amines is 1. The molecule has 5 rings (SSSR count). The van der Waals surface area contributed by atoms with E-state index in [2.05, 4.69) is 34.6 Å². The van der Waals surface area contributed by atoms with Gasteiger partial charge in [-0.1, -0.05) is 30.3 Å². The van der Waals surface area contributed by atoms with Gasteiger partial charge in [0.15, 0.2) is 0 Å². The first-order valence-electron chi connectivity index (χ1n) is 10.8. The molecule has 2 heterocycles. The third kappa shape index (κ3) is 3.18. The highest BCUT2D eigenvalue weighted by atomic mass is 16.5. The Balaban J connectivity index is 1.47. The predicted octanol–water partition coefficient (Wildman–Crippen LogP) is 4.42. The van der Waals surface area contributed by atoms with E-state index in [0.717, 1.165) is 36.1 Å². The molecular weight excluding hydrogens is 376 g/mol. The molecule has 1 fully saturated rings. The second kappa shape index (κ2) is 7.80. The summed E-state index contributed by atoms with van der Waals surface area (Å²) in [4.78, 5) is 17.3. The summed E-state index contributed by atoms with van der Waals surface area (Å²) in [5, 5.41) is 4.70. The molecule has 1 aliphatic carbocycles. The molecule has 0 spiro atoms. The number of fused-ring (bicyclic) bond motifs is 3. The van der Waals surface area contributed by atoms with Gasteiger partial charge in [0, 0.05) is 29.8 Å². The van der Waals surface area contributed by atoms with Gasteiger partial charge in [-0.3, -0.25) is 4.79 Å². The first kappa shape index (κ1) is 19.2. The van der Waals surface area contributed by atoms with Crippen molar-refractivity contribution in [3.63, 3.8) is 0 Å². The van der Waals surface area contributed by atoms with Gasteiger partial charge in [0.05, 0.1) is 18.6 Å². The van der Waals surface area contributed by atoms with Crippen molar-refractivity contribution >= 4 is 16.8 Å². The van der Waals surface area contributed by atoms with E-state index < -0.39 is 5.41 Å². The zero-order valence-corrected chi connectivity index (χ0v) is 17.4. The predicted molar refractivity (Wildman–Crippen MR) is 117 cm³/mol. The van der Waals surface area contributed by atoms with Crippen molar-refractivity contribution in [2.24, 2.45) is 0 Å². The Kier molecular flexibility index (Phi) is 4.99. The monoisotopic (exact) mass is 404 g/mol. The number of para-hydroxylation sites is 1. The standard InChI is InChI=1S/C25H28N2O3/c1-29-18-11-9-17(10-12-18)25(13-15-30-16-14-25)24(28)27-22-8-4-6-20-19-5-2-3-7-21(19)26-23(20)22/h2-3,5,7,9-12,22,26H,4,6,8,13-16H2,1H3,(H,27,28)/t22-/m1/s1. The number of H-pyrrole nitrogens is 1. The maximum atomic E-state index is 13.8. The molecule has 1 saturated heterocycles. The minimum Gasteiger partial charge on any atom is -0.497 e. The van der Waals surface area contributed by atoms with E-state index in [-0.39, 0.29) is 11.9 Å². The number of aryl methyl sites for hydroxylation is 1. The Morgan fingerprint density at radius 1 is 1.13 bits per heavy atom. The minimum atomic E-state index is -0.561. The largest absolute Gasteiger partial charge is 0.497 e. The molecule has 0 bridgehead atoms. The Labute approximate surface area is 176 Å². The lowest BCUT2D eigenvalue weighted by Crippen LogP contribution is -2.49. The highest BCUT2D eigenvalue weighted by Crippen LogP contribution is 2.39. The van der Waals surface area contributed by atoms with Crippen LogP contribution in [0.2, 0.25) is 0 Å². The molecule has 5 nitrogen and oxygen atoms in total. The van der Waals surface area contributed by atoms with Crippen molar-refractivity contribution in [1.82, 2.24) is 10.3 Å². The van der Waals surface area contributed by atoms with Gasteiger partial charge in [-0.25, -0.2) is 0 Å². The van der Waals surface area contributed by atoms with Crippen LogP contribution in [0.4, 0.5) is 0 Å². The van der Waals surface area contributed by atoms with Crippen molar-refractivity contribution in [3.8, 4) is 5.75 Å². The maximum absolute atomic E-state index is 13.8. The van der Waals surface area contributed by atoms with Crippen LogP contribution in [0.3, 0.4) is 0 Å². The van der Waals surface area contributed by atoms with Crippen LogP contribution in [0.15, 0.2) is 48.5 Å². The SMILES string of the molecule is COc1ccc(C2(C(=O)N[C@@H]3CCCc4c3[nH]c3ccccc43)CCOCC2)cc1. The smallest absolute Gasteiger partial charge is 0.231 e. The summed E-state index contributed by atoms with van der Waals surface area (Å²) in [6.45, 7) is 1.20. The summed E-state index contributed by atoms with van der Waals surface area (Å²) in [5.74, 6) is 0.906. The van der Waals surface area contributed by atoms with Gasteiger partial charge in [-0.2, -0.15) is 0 Å². The number of methoxy groups -OCH3 is 1. The van der Waals surface area contributed by atoms with E-state index in [0.29, 0.717) is 26.1 Å². The highest BCUT2D eigenvalue weighted by molar-refractivity contribution is 5.90. The summed E-state index contributed by atoms with van der Waals surface area (Å²) in [5.41, 5.74) is 4.16. The first-order chi connectivity index (χ1) is 14.7. The fourth-order valence-electron chi connectivity index (χ4n) is 5.13. The van der Waals surface area contributed by atoms with Crippen LogP contribution >= 0.6 is 0 Å². The number of amides is 1. The molecule has 0 radical (unpaired) electrons. The van der Waals surface area contributed by atoms with Crippen LogP contribution < -0.4 is 10.1 Å². The Morgan fingerprint density at radius 2 is 1.90 bits per heavy atom. The summed E-state index contributed by atoms with van der Waals surface area (Å²) >= 11 is 0. The molecule has 1 aliphatic heterocycles. The third-order valence-electron chi connectivity index (χ3n) is 6.84. The van der Waals surface area contributed by atoms with Crippen molar-refractivity contribution in [3.05, 3.63) is 65.4 Å². The van der Waals surface area contributed by atoms with E-state index in [1.807, 2.05) is 24.3 Å². The number of hydrogen-bond acceptors (Lipinski definition) is 3. The summed E-state index contributed by atoms with van der Waals surface area (Å²) in [6.07, 6.45) is 4.48. The fraction of sp³-hybridized carbons (Fsp3) is 0.400. The average molecular weight is 405 g/mol. The van der Waals surface area contributed by atoms with Gasteiger partial charge in [-0.05, 0) is 61.4 Å². The normalized spacial score (nSPS) is 20.5. The number of nitrogens with one attached hydrogen (secondary N) is 2. The maximum Gasteiger partial charge on any atom is 0.231 e. The summed E-state index contributed by atoms with van der Waals surface area (Å²) in [7, 11) is 1.66. The molecule has 1 aromatic heterocycles. The Hall–Kier alpha value is -2.79. The van der Waals surface area contributed by atoms with E-state index in [1.54, 1.807) is 7.11 Å². The number of ether oxygens (including phenoxy) is 2.